The molecule has 0 bridgehead atoms. The molecule has 22 heavy (non-hydrogen) atoms. The lowest BCUT2D eigenvalue weighted by Gasteiger charge is -2.14. The van der Waals surface area contributed by atoms with Gasteiger partial charge in [0.15, 0.2) is 0 Å². The largest absolute Gasteiger partial charge is 0.744 e. The highest BCUT2D eigenvalue weighted by molar-refractivity contribution is 7.85. The Balaban J connectivity index is 2.24. The van der Waals surface area contributed by atoms with Crippen molar-refractivity contribution in [2.24, 2.45) is 0 Å². The SMILES string of the molecule is CCCCCCCOCCC(C)c1ccc(S(=O)(=O)[O-])cc1. The summed E-state index contributed by atoms with van der Waals surface area (Å²) in [6, 6.07) is 6.17. The average Bonchev–Trinajstić information content (AvgIpc) is 2.49. The molecular weight excluding hydrogens is 300 g/mol. The average molecular weight is 327 g/mol. The van der Waals surface area contributed by atoms with Crippen LogP contribution >= 0.6 is 0 Å². The van der Waals surface area contributed by atoms with Gasteiger partial charge >= 0.3 is 0 Å². The second-order valence-electron chi connectivity index (χ2n) is 5.74. The Labute approximate surface area is 134 Å². The molecule has 0 aliphatic heterocycles. The van der Waals surface area contributed by atoms with Crippen LogP contribution in [-0.2, 0) is 14.9 Å². The summed E-state index contributed by atoms with van der Waals surface area (Å²) in [6.45, 7) is 5.79. The third kappa shape index (κ3) is 7.38. The monoisotopic (exact) mass is 327 g/mol. The maximum absolute atomic E-state index is 10.9. The number of hydrogen-bond acceptors (Lipinski definition) is 4. The van der Waals surface area contributed by atoms with Gasteiger partial charge in [0, 0.05) is 13.2 Å². The number of benzene rings is 1. The highest BCUT2D eigenvalue weighted by atomic mass is 32.2. The minimum Gasteiger partial charge on any atom is -0.744 e. The lowest BCUT2D eigenvalue weighted by Crippen LogP contribution is -2.03. The van der Waals surface area contributed by atoms with Gasteiger partial charge in [-0.2, -0.15) is 0 Å². The van der Waals surface area contributed by atoms with Crippen LogP contribution in [-0.4, -0.2) is 26.2 Å². The molecule has 0 spiro atoms. The molecule has 1 rings (SSSR count). The van der Waals surface area contributed by atoms with Crippen LogP contribution < -0.4 is 0 Å². The van der Waals surface area contributed by atoms with Gasteiger partial charge in [0.05, 0.1) is 4.90 Å². The summed E-state index contributed by atoms with van der Waals surface area (Å²) in [5.41, 5.74) is 1.03. The molecule has 0 saturated heterocycles. The Morgan fingerprint density at radius 2 is 1.68 bits per heavy atom. The summed E-state index contributed by atoms with van der Waals surface area (Å²) >= 11 is 0. The molecule has 0 fully saturated rings. The first-order chi connectivity index (χ1) is 10.4. The van der Waals surface area contributed by atoms with Crippen molar-refractivity contribution < 1.29 is 17.7 Å². The van der Waals surface area contributed by atoms with Crippen LogP contribution in [0.25, 0.3) is 0 Å². The third-order valence-corrected chi connectivity index (χ3v) is 4.67. The Bertz CT molecular complexity index is 508. The molecule has 5 heteroatoms. The van der Waals surface area contributed by atoms with E-state index in [-0.39, 0.29) is 10.8 Å². The van der Waals surface area contributed by atoms with Gasteiger partial charge in [0.1, 0.15) is 10.1 Å². The summed E-state index contributed by atoms with van der Waals surface area (Å²) in [4.78, 5) is -0.174. The maximum Gasteiger partial charge on any atom is 0.124 e. The van der Waals surface area contributed by atoms with Gasteiger partial charge in [0.2, 0.25) is 0 Å². The lowest BCUT2D eigenvalue weighted by molar-refractivity contribution is 0.124. The highest BCUT2D eigenvalue weighted by Gasteiger charge is 2.07. The predicted molar refractivity (Wildman–Crippen MR) is 87.0 cm³/mol. The van der Waals surface area contributed by atoms with Crippen molar-refractivity contribution >= 4 is 10.1 Å². The van der Waals surface area contributed by atoms with E-state index < -0.39 is 10.1 Å². The first-order valence-corrected chi connectivity index (χ1v) is 9.49. The van der Waals surface area contributed by atoms with Gasteiger partial charge in [-0.15, -0.1) is 0 Å². The molecule has 0 aliphatic carbocycles. The molecule has 4 nitrogen and oxygen atoms in total. The van der Waals surface area contributed by atoms with E-state index in [2.05, 4.69) is 13.8 Å². The zero-order chi connectivity index (χ0) is 16.4. The molecule has 1 aromatic carbocycles. The summed E-state index contributed by atoms with van der Waals surface area (Å²) < 4.78 is 38.3. The number of unbranched alkanes of at least 4 members (excludes halogenated alkanes) is 4. The first kappa shape index (κ1) is 19.1. The van der Waals surface area contributed by atoms with Crippen molar-refractivity contribution in [3.63, 3.8) is 0 Å². The molecule has 0 radical (unpaired) electrons. The fourth-order valence-corrected chi connectivity index (χ4v) is 2.77. The minimum atomic E-state index is -4.35. The number of ether oxygens (including phenoxy) is 1. The van der Waals surface area contributed by atoms with Crippen LogP contribution in [0.1, 0.15) is 63.9 Å². The zero-order valence-corrected chi connectivity index (χ0v) is 14.4. The number of hydrogen-bond donors (Lipinski definition) is 0. The maximum atomic E-state index is 10.9. The van der Waals surface area contributed by atoms with Gasteiger partial charge in [-0.3, -0.25) is 0 Å². The Hall–Kier alpha value is -0.910. The molecule has 1 atom stereocenters. The molecule has 1 aromatic rings. The van der Waals surface area contributed by atoms with Crippen LogP contribution in [0.5, 0.6) is 0 Å². The minimum absolute atomic E-state index is 0.174. The first-order valence-electron chi connectivity index (χ1n) is 8.08. The van der Waals surface area contributed by atoms with Crippen LogP contribution in [0.15, 0.2) is 29.2 Å². The molecule has 0 saturated carbocycles. The van der Waals surface area contributed by atoms with Crippen molar-refractivity contribution in [2.45, 2.75) is 63.2 Å². The van der Waals surface area contributed by atoms with Gasteiger partial charge in [-0.25, -0.2) is 8.42 Å². The molecule has 0 aliphatic rings. The topological polar surface area (TPSA) is 66.4 Å². The van der Waals surface area contributed by atoms with E-state index in [1.54, 1.807) is 12.1 Å². The van der Waals surface area contributed by atoms with Crippen molar-refractivity contribution in [2.75, 3.05) is 13.2 Å². The fraction of sp³-hybridized carbons (Fsp3) is 0.647. The van der Waals surface area contributed by atoms with E-state index in [4.69, 9.17) is 4.74 Å². The summed E-state index contributed by atoms with van der Waals surface area (Å²) in [5.74, 6) is 0.281. The summed E-state index contributed by atoms with van der Waals surface area (Å²) in [5, 5.41) is 0. The molecular formula is C17H27O4S-. The third-order valence-electron chi connectivity index (χ3n) is 3.83. The van der Waals surface area contributed by atoms with E-state index in [1.165, 1.54) is 37.8 Å². The van der Waals surface area contributed by atoms with Crippen LogP contribution in [0.4, 0.5) is 0 Å². The molecule has 126 valence electrons. The van der Waals surface area contributed by atoms with Crippen molar-refractivity contribution in [3.8, 4) is 0 Å². The van der Waals surface area contributed by atoms with E-state index in [0.717, 1.165) is 25.0 Å². The molecule has 0 N–H and O–H groups in total. The quantitative estimate of drug-likeness (QED) is 0.454. The predicted octanol–water partition coefficient (Wildman–Crippen LogP) is 4.07. The van der Waals surface area contributed by atoms with Crippen LogP contribution in [0, 0.1) is 0 Å². The Morgan fingerprint density at radius 1 is 1.05 bits per heavy atom. The van der Waals surface area contributed by atoms with Crippen molar-refractivity contribution in [1.82, 2.24) is 0 Å². The van der Waals surface area contributed by atoms with E-state index in [9.17, 15) is 13.0 Å². The lowest BCUT2D eigenvalue weighted by atomic mass is 9.98. The Kier molecular flexibility index (Phi) is 8.68. The van der Waals surface area contributed by atoms with E-state index in [1.807, 2.05) is 0 Å². The fourth-order valence-electron chi connectivity index (χ4n) is 2.30. The smallest absolute Gasteiger partial charge is 0.124 e. The zero-order valence-electron chi connectivity index (χ0n) is 13.6. The van der Waals surface area contributed by atoms with Gasteiger partial charge < -0.3 is 9.29 Å². The summed E-state index contributed by atoms with van der Waals surface area (Å²) in [7, 11) is -4.35. The standard InChI is InChI=1S/C17H28O4S/c1-3-4-5-6-7-13-21-14-12-15(2)16-8-10-17(11-9-16)22(18,19)20/h8-11,15H,3-7,12-14H2,1-2H3,(H,18,19,20)/p-1. The molecule has 0 amide bonds. The van der Waals surface area contributed by atoms with E-state index >= 15 is 0 Å². The van der Waals surface area contributed by atoms with E-state index in [0.29, 0.717) is 6.61 Å². The van der Waals surface area contributed by atoms with Crippen molar-refractivity contribution in [1.29, 1.82) is 0 Å². The number of rotatable bonds is 11. The highest BCUT2D eigenvalue weighted by Crippen LogP contribution is 2.21. The van der Waals surface area contributed by atoms with Crippen LogP contribution in [0.2, 0.25) is 0 Å². The molecule has 0 heterocycles. The summed E-state index contributed by atoms with van der Waals surface area (Å²) in [6.07, 6.45) is 7.07. The second-order valence-corrected chi connectivity index (χ2v) is 7.12. The normalized spacial score (nSPS) is 13.2. The van der Waals surface area contributed by atoms with Gasteiger partial charge in [-0.1, -0.05) is 51.7 Å². The van der Waals surface area contributed by atoms with Gasteiger partial charge in [-0.05, 0) is 36.5 Å². The second kappa shape index (κ2) is 9.98. The molecule has 0 aromatic heterocycles. The van der Waals surface area contributed by atoms with Crippen molar-refractivity contribution in [3.05, 3.63) is 29.8 Å². The van der Waals surface area contributed by atoms with Crippen LogP contribution in [0.3, 0.4) is 0 Å². The Morgan fingerprint density at radius 3 is 2.27 bits per heavy atom. The molecule has 1 unspecified atom stereocenters. The van der Waals surface area contributed by atoms with Gasteiger partial charge in [0.25, 0.3) is 0 Å².